The molecule has 1 aliphatic rings. The SMILES string of the molecule is CN1C(=O)COc2ccc(-c3cn4c(CCN)csc4n3)cc21. The van der Waals surface area contributed by atoms with Crippen LogP contribution in [0.3, 0.4) is 0 Å². The molecule has 3 heterocycles. The number of carbonyl (C=O) groups excluding carboxylic acids is 1. The Hall–Kier alpha value is -2.38. The number of nitrogens with two attached hydrogens (primary N) is 1. The van der Waals surface area contributed by atoms with Crippen LogP contribution in [0.1, 0.15) is 5.69 Å². The summed E-state index contributed by atoms with van der Waals surface area (Å²) in [5.74, 6) is 0.673. The molecule has 0 spiro atoms. The number of hydrogen-bond donors (Lipinski definition) is 1. The van der Waals surface area contributed by atoms with Gasteiger partial charge in [0.15, 0.2) is 11.6 Å². The van der Waals surface area contributed by atoms with Crippen LogP contribution < -0.4 is 15.4 Å². The van der Waals surface area contributed by atoms with Gasteiger partial charge in [0.2, 0.25) is 0 Å². The second-order valence-corrected chi connectivity index (χ2v) is 6.30. The lowest BCUT2D eigenvalue weighted by Crippen LogP contribution is -2.35. The molecule has 0 radical (unpaired) electrons. The summed E-state index contributed by atoms with van der Waals surface area (Å²) in [5.41, 5.74) is 9.44. The van der Waals surface area contributed by atoms with Gasteiger partial charge in [-0.15, -0.1) is 11.3 Å². The third kappa shape index (κ3) is 2.29. The van der Waals surface area contributed by atoms with Crippen LogP contribution >= 0.6 is 11.3 Å². The van der Waals surface area contributed by atoms with Crippen molar-refractivity contribution in [1.82, 2.24) is 9.38 Å². The van der Waals surface area contributed by atoms with Crippen LogP contribution in [-0.2, 0) is 11.2 Å². The van der Waals surface area contributed by atoms with Gasteiger partial charge >= 0.3 is 0 Å². The van der Waals surface area contributed by atoms with Gasteiger partial charge in [-0.1, -0.05) is 0 Å². The Morgan fingerprint density at radius 1 is 1.43 bits per heavy atom. The first-order valence-corrected chi connectivity index (χ1v) is 8.24. The molecule has 23 heavy (non-hydrogen) atoms. The van der Waals surface area contributed by atoms with E-state index in [9.17, 15) is 4.79 Å². The molecule has 0 aliphatic carbocycles. The summed E-state index contributed by atoms with van der Waals surface area (Å²) in [6, 6.07) is 5.81. The van der Waals surface area contributed by atoms with E-state index >= 15 is 0 Å². The first kappa shape index (κ1) is 14.2. The number of carbonyl (C=O) groups is 1. The zero-order valence-electron chi connectivity index (χ0n) is 12.7. The van der Waals surface area contributed by atoms with Crippen LogP contribution in [0.25, 0.3) is 16.2 Å². The van der Waals surface area contributed by atoms with Crippen LogP contribution in [0.4, 0.5) is 5.69 Å². The van der Waals surface area contributed by atoms with E-state index in [4.69, 9.17) is 10.5 Å². The first-order valence-electron chi connectivity index (χ1n) is 7.36. The Kier molecular flexibility index (Phi) is 3.32. The molecule has 0 atom stereocenters. The lowest BCUT2D eigenvalue weighted by molar-refractivity contribution is -0.120. The lowest BCUT2D eigenvalue weighted by atomic mass is 10.1. The average Bonchev–Trinajstić information content (AvgIpc) is 3.13. The van der Waals surface area contributed by atoms with Gasteiger partial charge in [-0.3, -0.25) is 9.20 Å². The summed E-state index contributed by atoms with van der Waals surface area (Å²) >= 11 is 1.61. The highest BCUT2D eigenvalue weighted by atomic mass is 32.1. The van der Waals surface area contributed by atoms with Gasteiger partial charge in [0.25, 0.3) is 5.91 Å². The van der Waals surface area contributed by atoms with Crippen LogP contribution in [0.15, 0.2) is 29.8 Å². The number of nitrogens with zero attached hydrogens (tertiary/aromatic N) is 3. The second-order valence-electron chi connectivity index (χ2n) is 5.47. The summed E-state index contributed by atoms with van der Waals surface area (Å²) in [5, 5.41) is 2.09. The van der Waals surface area contributed by atoms with Crippen molar-refractivity contribution in [3.63, 3.8) is 0 Å². The smallest absolute Gasteiger partial charge is 0.264 e. The van der Waals surface area contributed by atoms with Gasteiger partial charge in [0, 0.05) is 36.3 Å². The maximum absolute atomic E-state index is 11.8. The fourth-order valence-electron chi connectivity index (χ4n) is 2.73. The number of rotatable bonds is 3. The number of ether oxygens (including phenoxy) is 1. The zero-order valence-corrected chi connectivity index (χ0v) is 13.5. The number of thiazole rings is 1. The van der Waals surface area contributed by atoms with Crippen molar-refractivity contribution in [1.29, 1.82) is 0 Å². The number of imidazole rings is 1. The summed E-state index contributed by atoms with van der Waals surface area (Å²) in [6.45, 7) is 0.702. The van der Waals surface area contributed by atoms with Gasteiger partial charge in [-0.05, 0) is 24.7 Å². The molecular formula is C16H16N4O2S. The van der Waals surface area contributed by atoms with Gasteiger partial charge in [-0.2, -0.15) is 0 Å². The predicted octanol–water partition coefficient (Wildman–Crippen LogP) is 1.92. The van der Waals surface area contributed by atoms with Gasteiger partial charge in [-0.25, -0.2) is 4.98 Å². The number of fused-ring (bicyclic) bond motifs is 2. The normalized spacial score (nSPS) is 14.2. The Morgan fingerprint density at radius 2 is 2.30 bits per heavy atom. The van der Waals surface area contributed by atoms with Crippen molar-refractivity contribution in [3.05, 3.63) is 35.5 Å². The summed E-state index contributed by atoms with van der Waals surface area (Å²) in [6.07, 6.45) is 2.84. The molecule has 7 heteroatoms. The molecule has 3 aromatic rings. The van der Waals surface area contributed by atoms with E-state index in [1.165, 1.54) is 5.69 Å². The molecule has 2 N–H and O–H groups in total. The molecule has 4 rings (SSSR count). The van der Waals surface area contributed by atoms with Crippen molar-refractivity contribution >= 4 is 27.9 Å². The highest BCUT2D eigenvalue weighted by molar-refractivity contribution is 7.15. The van der Waals surface area contributed by atoms with Crippen molar-refractivity contribution < 1.29 is 9.53 Å². The maximum atomic E-state index is 11.8. The van der Waals surface area contributed by atoms with E-state index in [-0.39, 0.29) is 12.5 Å². The van der Waals surface area contributed by atoms with Gasteiger partial charge in [0.05, 0.1) is 11.4 Å². The summed E-state index contributed by atoms with van der Waals surface area (Å²) in [7, 11) is 1.76. The van der Waals surface area contributed by atoms with E-state index in [1.54, 1.807) is 23.3 Å². The van der Waals surface area contributed by atoms with E-state index in [1.807, 2.05) is 24.4 Å². The summed E-state index contributed by atoms with van der Waals surface area (Å²) in [4.78, 5) is 19.0. The Bertz CT molecular complexity index is 899. The number of likely N-dealkylation sites (N-methyl/N-ethyl adjacent to an activating group) is 1. The fraction of sp³-hybridized carbons (Fsp3) is 0.250. The number of anilines is 1. The molecule has 1 aliphatic heterocycles. The lowest BCUT2D eigenvalue weighted by Gasteiger charge is -2.26. The van der Waals surface area contributed by atoms with Crippen molar-refractivity contribution in [3.8, 4) is 17.0 Å². The molecule has 0 unspecified atom stereocenters. The topological polar surface area (TPSA) is 72.9 Å². The summed E-state index contributed by atoms with van der Waals surface area (Å²) < 4.78 is 7.54. The van der Waals surface area contributed by atoms with Crippen molar-refractivity contribution in [2.24, 2.45) is 5.73 Å². The second kappa shape index (κ2) is 5.36. The first-order chi connectivity index (χ1) is 11.2. The molecule has 0 fully saturated rings. The monoisotopic (exact) mass is 328 g/mol. The van der Waals surface area contributed by atoms with Crippen molar-refractivity contribution in [2.75, 3.05) is 25.1 Å². The molecule has 0 saturated heterocycles. The molecular weight excluding hydrogens is 312 g/mol. The Balaban J connectivity index is 1.77. The highest BCUT2D eigenvalue weighted by Crippen LogP contribution is 2.35. The minimum atomic E-state index is -0.0503. The number of aromatic nitrogens is 2. The van der Waals surface area contributed by atoms with Crippen LogP contribution in [0.2, 0.25) is 0 Å². The number of benzene rings is 1. The number of amides is 1. The zero-order chi connectivity index (χ0) is 16.0. The molecule has 118 valence electrons. The van der Waals surface area contributed by atoms with E-state index in [0.29, 0.717) is 6.54 Å². The molecule has 1 amide bonds. The maximum Gasteiger partial charge on any atom is 0.264 e. The van der Waals surface area contributed by atoms with Crippen LogP contribution in [0.5, 0.6) is 5.75 Å². The molecule has 0 saturated carbocycles. The fourth-order valence-corrected chi connectivity index (χ4v) is 3.63. The standard InChI is InChI=1S/C16H16N4O2S/c1-19-13-6-10(2-3-14(13)22-8-15(19)21)12-7-20-11(4-5-17)9-23-16(20)18-12/h2-3,6-7,9H,4-5,8,17H2,1H3. The highest BCUT2D eigenvalue weighted by Gasteiger charge is 2.23. The molecule has 1 aromatic carbocycles. The van der Waals surface area contributed by atoms with E-state index in [2.05, 4.69) is 14.8 Å². The van der Waals surface area contributed by atoms with E-state index in [0.717, 1.165) is 34.1 Å². The minimum Gasteiger partial charge on any atom is -0.482 e. The molecule has 2 aromatic heterocycles. The molecule has 0 bridgehead atoms. The Labute approximate surface area is 137 Å². The number of hydrogen-bond acceptors (Lipinski definition) is 5. The Morgan fingerprint density at radius 3 is 3.13 bits per heavy atom. The average molecular weight is 328 g/mol. The van der Waals surface area contributed by atoms with E-state index < -0.39 is 0 Å². The molecule has 6 nitrogen and oxygen atoms in total. The largest absolute Gasteiger partial charge is 0.482 e. The van der Waals surface area contributed by atoms with Gasteiger partial charge in [0.1, 0.15) is 5.75 Å². The predicted molar refractivity (Wildman–Crippen MR) is 90.2 cm³/mol. The van der Waals surface area contributed by atoms with Crippen LogP contribution in [0, 0.1) is 0 Å². The third-order valence-electron chi connectivity index (χ3n) is 4.03. The third-order valence-corrected chi connectivity index (χ3v) is 4.91. The van der Waals surface area contributed by atoms with Crippen molar-refractivity contribution in [2.45, 2.75) is 6.42 Å². The van der Waals surface area contributed by atoms with Crippen LogP contribution in [-0.4, -0.2) is 35.5 Å². The minimum absolute atomic E-state index is 0.0503. The van der Waals surface area contributed by atoms with Gasteiger partial charge < -0.3 is 15.4 Å². The quantitative estimate of drug-likeness (QED) is 0.797.